The standard InChI is InChI=1S/C10H18N2S2/c1-7(6-13-2)12-10-11-5-9(14-10)8-3-4-8/h7-9H,3-6H2,1-2H3,(H,11,12). The van der Waals surface area contributed by atoms with Gasteiger partial charge < -0.3 is 5.32 Å². The molecule has 2 aliphatic rings. The van der Waals surface area contributed by atoms with Crippen molar-refractivity contribution in [2.24, 2.45) is 10.9 Å². The second-order valence-corrected chi connectivity index (χ2v) is 6.28. The van der Waals surface area contributed by atoms with Gasteiger partial charge in [-0.2, -0.15) is 11.8 Å². The highest BCUT2D eigenvalue weighted by Gasteiger charge is 2.35. The monoisotopic (exact) mass is 230 g/mol. The second-order valence-electron chi connectivity index (χ2n) is 4.14. The fraction of sp³-hybridized carbons (Fsp3) is 0.900. The first kappa shape index (κ1) is 10.7. The van der Waals surface area contributed by atoms with Crippen LogP contribution in [0.2, 0.25) is 0 Å². The minimum absolute atomic E-state index is 0.550. The zero-order valence-electron chi connectivity index (χ0n) is 8.82. The van der Waals surface area contributed by atoms with E-state index in [4.69, 9.17) is 0 Å². The first-order chi connectivity index (χ1) is 6.79. The Labute approximate surface area is 94.7 Å². The fourth-order valence-electron chi connectivity index (χ4n) is 1.69. The van der Waals surface area contributed by atoms with Crippen molar-refractivity contribution >= 4 is 28.7 Å². The van der Waals surface area contributed by atoms with Crippen LogP contribution in [0, 0.1) is 5.92 Å². The molecule has 1 aliphatic heterocycles. The third kappa shape index (κ3) is 2.83. The molecule has 2 unspecified atom stereocenters. The van der Waals surface area contributed by atoms with E-state index in [0.717, 1.165) is 23.5 Å². The molecule has 1 heterocycles. The quantitative estimate of drug-likeness (QED) is 0.801. The topological polar surface area (TPSA) is 24.4 Å². The van der Waals surface area contributed by atoms with Crippen molar-refractivity contribution in [1.82, 2.24) is 5.32 Å². The maximum Gasteiger partial charge on any atom is 0.157 e. The lowest BCUT2D eigenvalue weighted by Gasteiger charge is -2.13. The summed E-state index contributed by atoms with van der Waals surface area (Å²) in [6, 6.07) is 0.550. The van der Waals surface area contributed by atoms with Crippen LogP contribution in [0.1, 0.15) is 19.8 Å². The predicted molar refractivity (Wildman–Crippen MR) is 67.4 cm³/mol. The molecule has 0 radical (unpaired) electrons. The zero-order valence-corrected chi connectivity index (χ0v) is 10.5. The molecule has 0 aromatic rings. The highest BCUT2D eigenvalue weighted by molar-refractivity contribution is 8.14. The Hall–Kier alpha value is 0.170. The summed E-state index contributed by atoms with van der Waals surface area (Å²) in [5.74, 6) is 2.13. The lowest BCUT2D eigenvalue weighted by molar-refractivity contribution is 0.746. The van der Waals surface area contributed by atoms with Crippen LogP contribution in [0.15, 0.2) is 4.99 Å². The molecule has 2 atom stereocenters. The maximum absolute atomic E-state index is 4.56. The van der Waals surface area contributed by atoms with Crippen LogP contribution in [0.3, 0.4) is 0 Å². The summed E-state index contributed by atoms with van der Waals surface area (Å²) in [4.78, 5) is 4.56. The van der Waals surface area contributed by atoms with E-state index in [9.17, 15) is 0 Å². The summed E-state index contributed by atoms with van der Waals surface area (Å²) in [5.41, 5.74) is 0. The number of amidine groups is 1. The van der Waals surface area contributed by atoms with Gasteiger partial charge in [-0.1, -0.05) is 11.8 Å². The van der Waals surface area contributed by atoms with E-state index < -0.39 is 0 Å². The van der Waals surface area contributed by atoms with Gasteiger partial charge in [-0.25, -0.2) is 0 Å². The average Bonchev–Trinajstić information content (AvgIpc) is 2.89. The summed E-state index contributed by atoms with van der Waals surface area (Å²) in [6.45, 7) is 3.27. The Bertz CT molecular complexity index is 226. The van der Waals surface area contributed by atoms with Gasteiger partial charge in [0.1, 0.15) is 0 Å². The van der Waals surface area contributed by atoms with Gasteiger partial charge in [0.25, 0.3) is 0 Å². The van der Waals surface area contributed by atoms with Gasteiger partial charge in [-0.3, -0.25) is 4.99 Å². The smallest absolute Gasteiger partial charge is 0.157 e. The molecule has 2 rings (SSSR count). The third-order valence-electron chi connectivity index (χ3n) is 2.61. The van der Waals surface area contributed by atoms with Crippen molar-refractivity contribution < 1.29 is 0 Å². The van der Waals surface area contributed by atoms with Crippen molar-refractivity contribution in [3.05, 3.63) is 0 Å². The fourth-order valence-corrected chi connectivity index (χ4v) is 3.59. The lowest BCUT2D eigenvalue weighted by atomic mass is 10.3. The number of nitrogens with zero attached hydrogens (tertiary/aromatic N) is 1. The van der Waals surface area contributed by atoms with E-state index in [2.05, 4.69) is 23.5 Å². The molecule has 0 aromatic heterocycles. The molecule has 0 aromatic carbocycles. The lowest BCUT2D eigenvalue weighted by Crippen LogP contribution is -2.31. The highest BCUT2D eigenvalue weighted by atomic mass is 32.2. The minimum Gasteiger partial charge on any atom is -0.362 e. The number of aliphatic imine (C=N–C) groups is 1. The van der Waals surface area contributed by atoms with E-state index in [1.54, 1.807) is 0 Å². The molecule has 1 saturated carbocycles. The van der Waals surface area contributed by atoms with Gasteiger partial charge in [0, 0.05) is 17.0 Å². The van der Waals surface area contributed by atoms with Crippen molar-refractivity contribution in [3.63, 3.8) is 0 Å². The molecule has 0 spiro atoms. The molecule has 1 N–H and O–H groups in total. The van der Waals surface area contributed by atoms with Crippen LogP contribution in [0.5, 0.6) is 0 Å². The second kappa shape index (κ2) is 4.79. The van der Waals surface area contributed by atoms with Gasteiger partial charge in [0.15, 0.2) is 5.17 Å². The average molecular weight is 230 g/mol. The zero-order chi connectivity index (χ0) is 9.97. The van der Waals surface area contributed by atoms with Gasteiger partial charge in [0.2, 0.25) is 0 Å². The Morgan fingerprint density at radius 1 is 1.64 bits per heavy atom. The number of nitrogens with one attached hydrogen (secondary N) is 1. The Balaban J connectivity index is 1.71. The van der Waals surface area contributed by atoms with E-state index in [0.29, 0.717) is 6.04 Å². The first-order valence-electron chi connectivity index (χ1n) is 5.26. The molecule has 1 aliphatic carbocycles. The summed E-state index contributed by atoms with van der Waals surface area (Å²) >= 11 is 3.85. The number of hydrogen-bond donors (Lipinski definition) is 1. The Morgan fingerprint density at radius 3 is 3.07 bits per heavy atom. The first-order valence-corrected chi connectivity index (χ1v) is 7.53. The molecule has 14 heavy (non-hydrogen) atoms. The van der Waals surface area contributed by atoms with E-state index in [-0.39, 0.29) is 0 Å². The largest absolute Gasteiger partial charge is 0.362 e. The maximum atomic E-state index is 4.56. The van der Waals surface area contributed by atoms with E-state index >= 15 is 0 Å². The van der Waals surface area contributed by atoms with Crippen molar-refractivity contribution in [2.75, 3.05) is 18.6 Å². The molecule has 0 saturated heterocycles. The predicted octanol–water partition coefficient (Wildman–Crippen LogP) is 2.21. The van der Waals surface area contributed by atoms with Crippen LogP contribution >= 0.6 is 23.5 Å². The summed E-state index contributed by atoms with van der Waals surface area (Å²) < 4.78 is 0. The van der Waals surface area contributed by atoms with Crippen molar-refractivity contribution in [3.8, 4) is 0 Å². The van der Waals surface area contributed by atoms with E-state index in [1.807, 2.05) is 23.5 Å². The van der Waals surface area contributed by atoms with Gasteiger partial charge >= 0.3 is 0 Å². The van der Waals surface area contributed by atoms with Gasteiger partial charge in [-0.05, 0) is 31.9 Å². The van der Waals surface area contributed by atoms with Gasteiger partial charge in [0.05, 0.1) is 6.54 Å². The molecule has 0 amide bonds. The van der Waals surface area contributed by atoms with Crippen LogP contribution in [0.4, 0.5) is 0 Å². The number of hydrogen-bond acceptors (Lipinski definition) is 4. The highest BCUT2D eigenvalue weighted by Crippen LogP contribution is 2.41. The summed E-state index contributed by atoms with van der Waals surface area (Å²) in [7, 11) is 0. The molecule has 80 valence electrons. The number of rotatable bonds is 4. The van der Waals surface area contributed by atoms with Crippen LogP contribution in [-0.4, -0.2) is 35.0 Å². The summed E-state index contributed by atoms with van der Waals surface area (Å²) in [6.07, 6.45) is 5.01. The van der Waals surface area contributed by atoms with Crippen molar-refractivity contribution in [2.45, 2.75) is 31.1 Å². The molecular weight excluding hydrogens is 212 g/mol. The van der Waals surface area contributed by atoms with Gasteiger partial charge in [-0.15, -0.1) is 0 Å². The summed E-state index contributed by atoms with van der Waals surface area (Å²) in [5, 5.41) is 5.46. The molecular formula is C10H18N2S2. The molecule has 1 fully saturated rings. The molecule has 2 nitrogen and oxygen atoms in total. The van der Waals surface area contributed by atoms with Crippen LogP contribution < -0.4 is 5.32 Å². The van der Waals surface area contributed by atoms with E-state index in [1.165, 1.54) is 18.0 Å². The normalized spacial score (nSPS) is 28.7. The van der Waals surface area contributed by atoms with Crippen molar-refractivity contribution in [1.29, 1.82) is 0 Å². The van der Waals surface area contributed by atoms with Crippen LogP contribution in [-0.2, 0) is 0 Å². The molecule has 4 heteroatoms. The molecule has 0 bridgehead atoms. The third-order valence-corrected chi connectivity index (χ3v) is 4.75. The van der Waals surface area contributed by atoms with Crippen LogP contribution in [0.25, 0.3) is 0 Å². The Kier molecular flexibility index (Phi) is 3.66. The SMILES string of the molecule is CSCC(C)NC1=NCC(C2CC2)S1. The minimum atomic E-state index is 0.550. The number of thioether (sulfide) groups is 2. The Morgan fingerprint density at radius 2 is 2.43 bits per heavy atom.